The van der Waals surface area contributed by atoms with Crippen molar-refractivity contribution in [1.82, 2.24) is 5.32 Å². The van der Waals surface area contributed by atoms with Crippen molar-refractivity contribution in [1.29, 1.82) is 0 Å². The van der Waals surface area contributed by atoms with Crippen molar-refractivity contribution in [3.05, 3.63) is 36.5 Å². The van der Waals surface area contributed by atoms with Crippen molar-refractivity contribution in [3.8, 4) is 0 Å². The molecule has 0 heterocycles. The molecule has 0 radical (unpaired) electrons. The predicted octanol–water partition coefficient (Wildman–Crippen LogP) is 17.6. The number of aliphatic hydroxyl groups excluding tert-OH is 2. The molecule has 382 valence electrons. The summed E-state index contributed by atoms with van der Waals surface area (Å²) in [4.78, 5) is 24.5. The lowest BCUT2D eigenvalue weighted by atomic mass is 10.0. The minimum Gasteiger partial charge on any atom is -0.466 e. The van der Waals surface area contributed by atoms with Crippen molar-refractivity contribution < 1.29 is 24.5 Å². The molecular weight excluding hydrogens is 803 g/mol. The number of aliphatic hydroxyl groups is 2. The van der Waals surface area contributed by atoms with Gasteiger partial charge in [-0.3, -0.25) is 9.59 Å². The van der Waals surface area contributed by atoms with E-state index in [1.165, 1.54) is 205 Å². The lowest BCUT2D eigenvalue weighted by molar-refractivity contribution is -0.143. The van der Waals surface area contributed by atoms with Crippen LogP contribution in [0.2, 0.25) is 0 Å². The van der Waals surface area contributed by atoms with E-state index in [1.807, 2.05) is 0 Å². The van der Waals surface area contributed by atoms with E-state index in [0.29, 0.717) is 25.9 Å². The quantitative estimate of drug-likeness (QED) is 0.0321. The van der Waals surface area contributed by atoms with Gasteiger partial charge in [0.25, 0.3) is 0 Å². The van der Waals surface area contributed by atoms with E-state index in [-0.39, 0.29) is 18.5 Å². The molecule has 0 aromatic carbocycles. The van der Waals surface area contributed by atoms with Crippen molar-refractivity contribution in [2.75, 3.05) is 13.2 Å². The van der Waals surface area contributed by atoms with Gasteiger partial charge < -0.3 is 20.3 Å². The zero-order valence-corrected chi connectivity index (χ0v) is 43.5. The summed E-state index contributed by atoms with van der Waals surface area (Å²) in [6.45, 7) is 4.89. The largest absolute Gasteiger partial charge is 0.466 e. The summed E-state index contributed by atoms with van der Waals surface area (Å²) in [6, 6.07) is -0.551. The highest BCUT2D eigenvalue weighted by Gasteiger charge is 2.20. The number of ether oxygens (including phenoxy) is 1. The fourth-order valence-corrected chi connectivity index (χ4v) is 8.71. The van der Waals surface area contributed by atoms with Crippen molar-refractivity contribution in [3.63, 3.8) is 0 Å². The standard InChI is InChI=1S/C59H111NO5/c1-3-5-7-9-11-13-15-17-19-21-24-27-31-35-39-43-47-51-57(62)56(55-61)60-58(63)52-48-44-40-36-32-28-25-22-20-23-26-30-34-38-42-46-50-54-65-59(64)53-49-45-41-37-33-29-18-16-14-12-10-8-6-4-2/h10,12,16,18,20,23,56-57,61-62H,3-9,11,13-15,17,19,21-22,24-55H2,1-2H3,(H,60,63)/b12-10-,18-16-,23-20-. The Labute approximate surface area is 404 Å². The second kappa shape index (κ2) is 54.7. The molecule has 6 heteroatoms. The first-order valence-corrected chi connectivity index (χ1v) is 28.7. The van der Waals surface area contributed by atoms with E-state index < -0.39 is 12.1 Å². The molecule has 0 aromatic heterocycles. The molecule has 1 amide bonds. The van der Waals surface area contributed by atoms with Crippen LogP contribution in [0.1, 0.15) is 303 Å². The third-order valence-electron chi connectivity index (χ3n) is 13.2. The Morgan fingerprint density at radius 2 is 0.785 bits per heavy atom. The maximum absolute atomic E-state index is 12.5. The normalized spacial score (nSPS) is 12.9. The molecule has 0 saturated carbocycles. The van der Waals surface area contributed by atoms with E-state index in [4.69, 9.17) is 4.74 Å². The van der Waals surface area contributed by atoms with Crippen molar-refractivity contribution >= 4 is 11.9 Å². The van der Waals surface area contributed by atoms with E-state index in [0.717, 1.165) is 64.2 Å². The highest BCUT2D eigenvalue weighted by molar-refractivity contribution is 5.76. The van der Waals surface area contributed by atoms with E-state index in [9.17, 15) is 19.8 Å². The lowest BCUT2D eigenvalue weighted by Gasteiger charge is -2.22. The van der Waals surface area contributed by atoms with Crippen LogP contribution in [0.3, 0.4) is 0 Å². The first kappa shape index (κ1) is 63.1. The van der Waals surface area contributed by atoms with Crippen LogP contribution in [0.5, 0.6) is 0 Å². The predicted molar refractivity (Wildman–Crippen MR) is 283 cm³/mol. The van der Waals surface area contributed by atoms with Crippen LogP contribution in [0.15, 0.2) is 36.5 Å². The van der Waals surface area contributed by atoms with Crippen LogP contribution in [0.4, 0.5) is 0 Å². The SMILES string of the molecule is CCCC/C=C\C/C=C\CCCCCCCC(=O)OCCCCCCCC/C=C\CCCCCCCCCC(=O)NC(CO)C(O)CCCCCCCCCCCCCCCCCCC. The fraction of sp³-hybridized carbons (Fsp3) is 0.864. The Morgan fingerprint density at radius 3 is 1.23 bits per heavy atom. The zero-order valence-electron chi connectivity index (χ0n) is 43.5. The summed E-state index contributed by atoms with van der Waals surface area (Å²) >= 11 is 0. The Hall–Kier alpha value is -1.92. The molecule has 65 heavy (non-hydrogen) atoms. The van der Waals surface area contributed by atoms with Crippen LogP contribution in [-0.2, 0) is 14.3 Å². The molecule has 0 aliphatic heterocycles. The Balaban J connectivity index is 3.47. The van der Waals surface area contributed by atoms with E-state index in [1.54, 1.807) is 0 Å². The van der Waals surface area contributed by atoms with Crippen LogP contribution in [0, 0.1) is 0 Å². The van der Waals surface area contributed by atoms with E-state index in [2.05, 4.69) is 55.6 Å². The molecule has 0 rings (SSSR count). The molecule has 6 nitrogen and oxygen atoms in total. The Morgan fingerprint density at radius 1 is 0.431 bits per heavy atom. The van der Waals surface area contributed by atoms with Crippen LogP contribution in [0.25, 0.3) is 0 Å². The van der Waals surface area contributed by atoms with Gasteiger partial charge in [-0.05, 0) is 77.0 Å². The molecule has 0 spiro atoms. The van der Waals surface area contributed by atoms with Gasteiger partial charge in [-0.1, -0.05) is 249 Å². The minimum atomic E-state index is -0.673. The van der Waals surface area contributed by atoms with Crippen molar-refractivity contribution in [2.24, 2.45) is 0 Å². The number of carbonyl (C=O) groups excluding carboxylic acids is 2. The highest BCUT2D eigenvalue weighted by atomic mass is 16.5. The third-order valence-corrected chi connectivity index (χ3v) is 13.2. The summed E-state index contributed by atoms with van der Waals surface area (Å²) in [7, 11) is 0. The zero-order chi connectivity index (χ0) is 47.2. The summed E-state index contributed by atoms with van der Waals surface area (Å²) in [5.74, 6) is -0.0627. The number of rotatable bonds is 53. The molecule has 2 unspecified atom stereocenters. The smallest absolute Gasteiger partial charge is 0.305 e. The third kappa shape index (κ3) is 51.3. The molecule has 0 fully saturated rings. The van der Waals surface area contributed by atoms with Gasteiger partial charge in [-0.15, -0.1) is 0 Å². The molecule has 0 saturated heterocycles. The Bertz CT molecular complexity index is 1060. The van der Waals surface area contributed by atoms with Gasteiger partial charge in [0.15, 0.2) is 0 Å². The highest BCUT2D eigenvalue weighted by Crippen LogP contribution is 2.17. The average molecular weight is 915 g/mol. The van der Waals surface area contributed by atoms with Crippen LogP contribution < -0.4 is 5.32 Å². The number of amides is 1. The number of hydrogen-bond acceptors (Lipinski definition) is 5. The summed E-state index contributed by atoms with van der Waals surface area (Å²) in [5, 5.41) is 23.3. The molecule has 0 aromatic rings. The van der Waals surface area contributed by atoms with Gasteiger partial charge in [-0.2, -0.15) is 0 Å². The number of allylic oxidation sites excluding steroid dienone is 6. The summed E-state index contributed by atoms with van der Waals surface area (Å²) in [5.41, 5.74) is 0. The lowest BCUT2D eigenvalue weighted by Crippen LogP contribution is -2.45. The number of hydrogen-bond donors (Lipinski definition) is 3. The number of esters is 1. The first-order chi connectivity index (χ1) is 32.0. The molecule has 2 atom stereocenters. The molecule has 3 N–H and O–H groups in total. The second-order valence-electron chi connectivity index (χ2n) is 19.6. The summed E-state index contributed by atoms with van der Waals surface area (Å²) in [6.07, 6.45) is 67.0. The number of unbranched alkanes of at least 4 members (excludes halogenated alkanes) is 36. The van der Waals surface area contributed by atoms with Crippen molar-refractivity contribution in [2.45, 2.75) is 315 Å². The van der Waals surface area contributed by atoms with Gasteiger partial charge in [0, 0.05) is 12.8 Å². The second-order valence-corrected chi connectivity index (χ2v) is 19.6. The van der Waals surface area contributed by atoms with Gasteiger partial charge in [0.05, 0.1) is 25.4 Å². The number of carbonyl (C=O) groups is 2. The Kier molecular flexibility index (Phi) is 53.1. The molecular formula is C59H111NO5. The van der Waals surface area contributed by atoms with Crippen LogP contribution >= 0.6 is 0 Å². The molecule has 0 aliphatic carbocycles. The number of nitrogens with one attached hydrogen (secondary N) is 1. The maximum atomic E-state index is 12.5. The van der Waals surface area contributed by atoms with Gasteiger partial charge >= 0.3 is 5.97 Å². The average Bonchev–Trinajstić information content (AvgIpc) is 3.31. The molecule has 0 aliphatic rings. The van der Waals surface area contributed by atoms with E-state index >= 15 is 0 Å². The topological polar surface area (TPSA) is 95.9 Å². The minimum absolute atomic E-state index is 0.0165. The van der Waals surface area contributed by atoms with Crippen LogP contribution in [-0.4, -0.2) is 47.4 Å². The first-order valence-electron chi connectivity index (χ1n) is 28.7. The fourth-order valence-electron chi connectivity index (χ4n) is 8.71. The monoisotopic (exact) mass is 914 g/mol. The van der Waals surface area contributed by atoms with Gasteiger partial charge in [0.2, 0.25) is 5.91 Å². The maximum Gasteiger partial charge on any atom is 0.305 e. The van der Waals surface area contributed by atoms with Gasteiger partial charge in [-0.25, -0.2) is 0 Å². The summed E-state index contributed by atoms with van der Waals surface area (Å²) < 4.78 is 5.46. The van der Waals surface area contributed by atoms with Gasteiger partial charge in [0.1, 0.15) is 0 Å². The molecule has 0 bridgehead atoms.